The number of carboxylic acids is 1. The summed E-state index contributed by atoms with van der Waals surface area (Å²) in [6, 6.07) is 0.924. The van der Waals surface area contributed by atoms with Gasteiger partial charge in [0, 0.05) is 25.4 Å². The zero-order valence-corrected chi connectivity index (χ0v) is 11.3. The number of hydrogen-bond donors (Lipinski definition) is 2. The quantitative estimate of drug-likeness (QED) is 0.810. The van der Waals surface area contributed by atoms with Crippen molar-refractivity contribution in [3.8, 4) is 0 Å². The molecule has 0 radical (unpaired) electrons. The summed E-state index contributed by atoms with van der Waals surface area (Å²) in [5.41, 5.74) is -0.0365. The van der Waals surface area contributed by atoms with Crippen molar-refractivity contribution < 1.29 is 23.1 Å². The van der Waals surface area contributed by atoms with E-state index in [1.54, 1.807) is 6.92 Å². The molecule has 0 aromatic carbocycles. The van der Waals surface area contributed by atoms with Crippen LogP contribution < -0.4 is 4.72 Å². The Morgan fingerprint density at radius 3 is 2.84 bits per heavy atom. The molecule has 1 saturated heterocycles. The van der Waals surface area contributed by atoms with Crippen molar-refractivity contribution in [2.45, 2.75) is 30.8 Å². The highest BCUT2D eigenvalue weighted by molar-refractivity contribution is 7.89. The van der Waals surface area contributed by atoms with Crippen LogP contribution in [0.25, 0.3) is 0 Å². The summed E-state index contributed by atoms with van der Waals surface area (Å²) in [5, 5.41) is 9.00. The van der Waals surface area contributed by atoms with Gasteiger partial charge >= 0.3 is 5.97 Å². The summed E-state index contributed by atoms with van der Waals surface area (Å²) < 4.78 is 33.2. The summed E-state index contributed by atoms with van der Waals surface area (Å²) in [6.45, 7) is 3.02. The number of nitrogens with one attached hydrogen (secondary N) is 1. The Morgan fingerprint density at radius 2 is 2.37 bits per heavy atom. The second-order valence-electron chi connectivity index (χ2n) is 4.33. The predicted molar refractivity (Wildman–Crippen MR) is 66.6 cm³/mol. The molecular weight excluding hydrogens is 272 g/mol. The van der Waals surface area contributed by atoms with Crippen LogP contribution in [0.2, 0.25) is 0 Å². The largest absolute Gasteiger partial charge is 0.477 e. The van der Waals surface area contributed by atoms with Crippen molar-refractivity contribution >= 4 is 16.0 Å². The van der Waals surface area contributed by atoms with Gasteiger partial charge in [0.15, 0.2) is 0 Å². The zero-order valence-electron chi connectivity index (χ0n) is 10.5. The van der Waals surface area contributed by atoms with Gasteiger partial charge in [0.05, 0.1) is 6.61 Å². The summed E-state index contributed by atoms with van der Waals surface area (Å²) in [5.74, 6) is -1.15. The normalized spacial score (nSPS) is 19.7. The van der Waals surface area contributed by atoms with Crippen LogP contribution in [0.15, 0.2) is 17.2 Å². The van der Waals surface area contributed by atoms with Crippen LogP contribution in [-0.2, 0) is 21.3 Å². The van der Waals surface area contributed by atoms with Gasteiger partial charge in [-0.15, -0.1) is 0 Å². The second kappa shape index (κ2) is 5.32. The van der Waals surface area contributed by atoms with Crippen molar-refractivity contribution in [3.63, 3.8) is 0 Å². The van der Waals surface area contributed by atoms with E-state index >= 15 is 0 Å². The number of hydrogen-bond acceptors (Lipinski definition) is 4. The van der Waals surface area contributed by atoms with Crippen LogP contribution in [-0.4, -0.2) is 43.3 Å². The van der Waals surface area contributed by atoms with Crippen LogP contribution >= 0.6 is 0 Å². The molecule has 19 heavy (non-hydrogen) atoms. The van der Waals surface area contributed by atoms with Gasteiger partial charge in [-0.05, 0) is 19.4 Å². The van der Waals surface area contributed by atoms with Gasteiger partial charge < -0.3 is 14.4 Å². The smallest absolute Gasteiger partial charge is 0.352 e. The summed E-state index contributed by atoms with van der Waals surface area (Å²) in [4.78, 5) is 11.0. The van der Waals surface area contributed by atoms with Crippen molar-refractivity contribution in [1.29, 1.82) is 0 Å². The Bertz CT molecular complexity index is 572. The first-order valence-corrected chi connectivity index (χ1v) is 7.46. The van der Waals surface area contributed by atoms with Crippen LogP contribution in [0.4, 0.5) is 0 Å². The minimum atomic E-state index is -3.70. The molecule has 0 bridgehead atoms. The molecule has 0 aliphatic carbocycles. The summed E-state index contributed by atoms with van der Waals surface area (Å²) >= 11 is 0. The maximum absolute atomic E-state index is 12.1. The predicted octanol–water partition coefficient (Wildman–Crippen LogP) is 0.273. The average molecular weight is 288 g/mol. The number of ether oxygens (including phenoxy) is 1. The van der Waals surface area contributed by atoms with Crippen LogP contribution in [0.5, 0.6) is 0 Å². The summed E-state index contributed by atoms with van der Waals surface area (Å²) in [6.07, 6.45) is 1.96. The Labute approximate surface area is 111 Å². The fourth-order valence-corrected chi connectivity index (χ4v) is 3.28. The maximum Gasteiger partial charge on any atom is 0.352 e. The first-order chi connectivity index (χ1) is 8.94. The van der Waals surface area contributed by atoms with Crippen molar-refractivity contribution in [2.75, 3.05) is 13.2 Å². The molecule has 106 valence electrons. The van der Waals surface area contributed by atoms with E-state index in [4.69, 9.17) is 9.84 Å². The molecule has 1 fully saturated rings. The Kier molecular flexibility index (Phi) is 3.93. The molecule has 0 amide bonds. The van der Waals surface area contributed by atoms with Gasteiger partial charge in [-0.2, -0.15) is 0 Å². The number of aryl methyl sites for hydroxylation is 1. The lowest BCUT2D eigenvalue weighted by atomic mass is 10.3. The van der Waals surface area contributed by atoms with E-state index in [0.717, 1.165) is 0 Å². The molecule has 1 unspecified atom stereocenters. The highest BCUT2D eigenvalue weighted by Gasteiger charge is 2.26. The van der Waals surface area contributed by atoms with E-state index in [0.29, 0.717) is 26.2 Å². The third-order valence-corrected chi connectivity index (χ3v) is 4.48. The number of carboxylic acid groups (broad SMARTS) is 1. The number of aromatic carboxylic acids is 1. The Balaban J connectivity index is 2.27. The molecule has 1 aliphatic rings. The number of sulfonamides is 1. The average Bonchev–Trinajstić information content (AvgIpc) is 2.95. The lowest BCUT2D eigenvalue weighted by molar-refractivity contribution is 0.0685. The van der Waals surface area contributed by atoms with E-state index in [2.05, 4.69) is 4.72 Å². The van der Waals surface area contributed by atoms with Gasteiger partial charge in [0.2, 0.25) is 10.0 Å². The molecule has 1 aliphatic heterocycles. The fourth-order valence-electron chi connectivity index (χ4n) is 1.99. The first kappa shape index (κ1) is 14.0. The molecule has 2 rings (SSSR count). The standard InChI is InChI=1S/C11H16N2O5S/c1-2-13-6-9(5-10(13)11(14)15)19(16,17)12-8-3-4-18-7-8/h5-6,8,12H,2-4,7H2,1H3,(H,14,15). The topological polar surface area (TPSA) is 97.6 Å². The van der Waals surface area contributed by atoms with Gasteiger partial charge in [0.25, 0.3) is 0 Å². The molecule has 8 heteroatoms. The maximum atomic E-state index is 12.1. The summed E-state index contributed by atoms with van der Waals surface area (Å²) in [7, 11) is -3.70. The third kappa shape index (κ3) is 2.96. The molecule has 1 aromatic heterocycles. The third-order valence-electron chi connectivity index (χ3n) is 2.99. The lowest BCUT2D eigenvalue weighted by Gasteiger charge is -2.09. The molecule has 2 heterocycles. The lowest BCUT2D eigenvalue weighted by Crippen LogP contribution is -2.34. The number of nitrogens with zero attached hydrogens (tertiary/aromatic N) is 1. The SMILES string of the molecule is CCn1cc(S(=O)(=O)NC2CCOC2)cc1C(=O)O. The van der Waals surface area contributed by atoms with E-state index < -0.39 is 16.0 Å². The van der Waals surface area contributed by atoms with Crippen LogP contribution in [0.3, 0.4) is 0 Å². The van der Waals surface area contributed by atoms with Gasteiger partial charge in [-0.3, -0.25) is 0 Å². The van der Waals surface area contributed by atoms with Gasteiger partial charge in [0.1, 0.15) is 10.6 Å². The molecule has 0 saturated carbocycles. The Morgan fingerprint density at radius 1 is 1.63 bits per heavy atom. The number of aromatic nitrogens is 1. The van der Waals surface area contributed by atoms with Crippen molar-refractivity contribution in [1.82, 2.24) is 9.29 Å². The molecule has 1 aromatic rings. The minimum Gasteiger partial charge on any atom is -0.477 e. The molecule has 7 nitrogen and oxygen atoms in total. The van der Waals surface area contributed by atoms with Gasteiger partial charge in [-0.25, -0.2) is 17.9 Å². The first-order valence-electron chi connectivity index (χ1n) is 5.97. The molecule has 0 spiro atoms. The Hall–Kier alpha value is -1.38. The molecule has 2 N–H and O–H groups in total. The number of carbonyl (C=O) groups is 1. The van der Waals surface area contributed by atoms with Crippen molar-refractivity contribution in [3.05, 3.63) is 18.0 Å². The monoisotopic (exact) mass is 288 g/mol. The highest BCUT2D eigenvalue weighted by atomic mass is 32.2. The van der Waals surface area contributed by atoms with Crippen molar-refractivity contribution in [2.24, 2.45) is 0 Å². The van der Waals surface area contributed by atoms with E-state index in [1.165, 1.54) is 16.8 Å². The van der Waals surface area contributed by atoms with Gasteiger partial charge in [-0.1, -0.05) is 0 Å². The van der Waals surface area contributed by atoms with E-state index in [1.807, 2.05) is 0 Å². The zero-order chi connectivity index (χ0) is 14.0. The minimum absolute atomic E-state index is 0.0290. The highest BCUT2D eigenvalue weighted by Crippen LogP contribution is 2.16. The second-order valence-corrected chi connectivity index (χ2v) is 6.05. The van der Waals surface area contributed by atoms with E-state index in [9.17, 15) is 13.2 Å². The fraction of sp³-hybridized carbons (Fsp3) is 0.545. The van der Waals surface area contributed by atoms with Crippen LogP contribution in [0.1, 0.15) is 23.8 Å². The molecular formula is C11H16N2O5S. The number of rotatable bonds is 5. The van der Waals surface area contributed by atoms with E-state index in [-0.39, 0.29) is 16.6 Å². The molecule has 1 atom stereocenters. The van der Waals surface area contributed by atoms with Crippen LogP contribution in [0, 0.1) is 0 Å².